The van der Waals surface area contributed by atoms with E-state index in [0.717, 1.165) is 18.4 Å². The summed E-state index contributed by atoms with van der Waals surface area (Å²) in [6.07, 6.45) is 8.22. The van der Waals surface area contributed by atoms with Gasteiger partial charge in [-0.2, -0.15) is 0 Å². The normalized spacial score (nSPS) is 13.8. The van der Waals surface area contributed by atoms with Crippen LogP contribution in [0.2, 0.25) is 0 Å². The molecular weight excluding hydrogens is 220 g/mol. The number of rotatable bonds is 4. The van der Waals surface area contributed by atoms with Gasteiger partial charge in [0.1, 0.15) is 0 Å². The molecule has 1 aromatic rings. The van der Waals surface area contributed by atoms with Crippen LogP contribution in [0.25, 0.3) is 0 Å². The molecule has 0 amide bonds. The maximum absolute atomic E-state index is 11.9. The minimum atomic E-state index is 0.288. The number of hydrogen-bond acceptors (Lipinski definition) is 1. The second kappa shape index (κ2) is 5.34. The monoisotopic (exact) mass is 240 g/mol. The Hall–Kier alpha value is -1.63. The summed E-state index contributed by atoms with van der Waals surface area (Å²) in [5.74, 6) is 0.288. The number of carbonyl (C=O) groups is 1. The Balaban J connectivity index is 2.00. The van der Waals surface area contributed by atoms with E-state index in [9.17, 15) is 4.79 Å². The summed E-state index contributed by atoms with van der Waals surface area (Å²) in [6.45, 7) is 6.42. The van der Waals surface area contributed by atoms with E-state index >= 15 is 0 Å². The van der Waals surface area contributed by atoms with Crippen LogP contribution in [0.3, 0.4) is 0 Å². The number of benzene rings is 1. The largest absolute Gasteiger partial charge is 0.295 e. The molecule has 0 saturated heterocycles. The summed E-state index contributed by atoms with van der Waals surface area (Å²) < 4.78 is 0. The molecule has 0 bridgehead atoms. The van der Waals surface area contributed by atoms with Crippen molar-refractivity contribution in [1.29, 1.82) is 0 Å². The lowest BCUT2D eigenvalue weighted by Gasteiger charge is -2.09. The summed E-state index contributed by atoms with van der Waals surface area (Å²) in [7, 11) is 0. The molecule has 1 aliphatic rings. The van der Waals surface area contributed by atoms with E-state index in [4.69, 9.17) is 0 Å². The zero-order valence-electron chi connectivity index (χ0n) is 11.4. The third kappa shape index (κ3) is 2.79. The van der Waals surface area contributed by atoms with Crippen LogP contribution in [0.1, 0.15) is 35.1 Å². The first kappa shape index (κ1) is 12.8. The lowest BCUT2D eigenvalue weighted by atomic mass is 9.96. The third-order valence-corrected chi connectivity index (χ3v) is 3.76. The van der Waals surface area contributed by atoms with Gasteiger partial charge in [0.25, 0.3) is 0 Å². The molecule has 1 nitrogen and oxygen atoms in total. The topological polar surface area (TPSA) is 17.1 Å². The second-order valence-electron chi connectivity index (χ2n) is 5.10. The predicted molar refractivity (Wildman–Crippen MR) is 75.8 cm³/mol. The first-order chi connectivity index (χ1) is 8.58. The number of carbonyl (C=O) groups excluding carboxylic acids is 1. The Morgan fingerprint density at radius 3 is 2.39 bits per heavy atom. The molecule has 0 unspecified atom stereocenters. The Kier molecular flexibility index (Phi) is 3.81. The van der Waals surface area contributed by atoms with Gasteiger partial charge >= 0.3 is 0 Å². The van der Waals surface area contributed by atoms with E-state index < -0.39 is 0 Å². The summed E-state index contributed by atoms with van der Waals surface area (Å²) in [5, 5.41) is 0. The standard InChI is InChI=1S/C17H20O/c1-12-10-15(11-13(2)14(12)3)8-9-17(18)16-6-4-5-7-16/h4-6,10-11H,7-9H2,1-3H3. The third-order valence-electron chi connectivity index (χ3n) is 3.76. The summed E-state index contributed by atoms with van der Waals surface area (Å²) in [5.41, 5.74) is 6.22. The SMILES string of the molecule is Cc1cc(CCC(=O)C2=CC=CC2)cc(C)c1C. The fourth-order valence-electron chi connectivity index (χ4n) is 2.34. The predicted octanol–water partition coefficient (Wildman–Crippen LogP) is 4.00. The van der Waals surface area contributed by atoms with Crippen molar-refractivity contribution in [2.24, 2.45) is 0 Å². The zero-order chi connectivity index (χ0) is 13.1. The van der Waals surface area contributed by atoms with Crippen LogP contribution in [0, 0.1) is 20.8 Å². The minimum Gasteiger partial charge on any atom is -0.295 e. The fraction of sp³-hybridized carbons (Fsp3) is 0.353. The fourth-order valence-corrected chi connectivity index (χ4v) is 2.34. The molecule has 0 spiro atoms. The van der Waals surface area contributed by atoms with Gasteiger partial charge in [-0.1, -0.05) is 30.4 Å². The van der Waals surface area contributed by atoms with Gasteiger partial charge in [-0.3, -0.25) is 4.79 Å². The van der Waals surface area contributed by atoms with Gasteiger partial charge in [0.2, 0.25) is 0 Å². The lowest BCUT2D eigenvalue weighted by Crippen LogP contribution is -2.03. The van der Waals surface area contributed by atoms with Crippen molar-refractivity contribution in [1.82, 2.24) is 0 Å². The zero-order valence-corrected chi connectivity index (χ0v) is 11.4. The van der Waals surface area contributed by atoms with Crippen LogP contribution in [0.4, 0.5) is 0 Å². The Bertz CT molecular complexity index is 510. The summed E-state index contributed by atoms with van der Waals surface area (Å²) in [4.78, 5) is 11.9. The molecular formula is C17H20O. The van der Waals surface area contributed by atoms with Gasteiger partial charge < -0.3 is 0 Å². The highest BCUT2D eigenvalue weighted by atomic mass is 16.1. The second-order valence-corrected chi connectivity index (χ2v) is 5.10. The first-order valence-corrected chi connectivity index (χ1v) is 6.53. The molecule has 1 aliphatic carbocycles. The van der Waals surface area contributed by atoms with Crippen molar-refractivity contribution in [2.75, 3.05) is 0 Å². The smallest absolute Gasteiger partial charge is 0.159 e. The van der Waals surface area contributed by atoms with Gasteiger partial charge in [-0.05, 0) is 61.4 Å². The minimum absolute atomic E-state index is 0.288. The Labute approximate surface area is 109 Å². The first-order valence-electron chi connectivity index (χ1n) is 6.53. The van der Waals surface area contributed by atoms with Crippen LogP contribution in [0.15, 0.2) is 35.9 Å². The van der Waals surface area contributed by atoms with Crippen molar-refractivity contribution in [3.63, 3.8) is 0 Å². The van der Waals surface area contributed by atoms with Crippen molar-refractivity contribution in [3.05, 3.63) is 58.2 Å². The molecule has 0 saturated carbocycles. The average Bonchev–Trinajstić information content (AvgIpc) is 2.86. The van der Waals surface area contributed by atoms with Gasteiger partial charge in [0, 0.05) is 6.42 Å². The van der Waals surface area contributed by atoms with E-state index in [0.29, 0.717) is 6.42 Å². The molecule has 0 fully saturated rings. The van der Waals surface area contributed by atoms with Crippen LogP contribution < -0.4 is 0 Å². The van der Waals surface area contributed by atoms with Gasteiger partial charge in [0.15, 0.2) is 5.78 Å². The maximum Gasteiger partial charge on any atom is 0.159 e. The van der Waals surface area contributed by atoms with Gasteiger partial charge in [0.05, 0.1) is 0 Å². The van der Waals surface area contributed by atoms with E-state index in [2.05, 4.69) is 32.9 Å². The molecule has 18 heavy (non-hydrogen) atoms. The lowest BCUT2D eigenvalue weighted by molar-refractivity contribution is -0.115. The highest BCUT2D eigenvalue weighted by Crippen LogP contribution is 2.18. The average molecular weight is 240 g/mol. The Morgan fingerprint density at radius 2 is 1.83 bits per heavy atom. The molecule has 0 radical (unpaired) electrons. The molecule has 0 atom stereocenters. The van der Waals surface area contributed by atoms with Gasteiger partial charge in [-0.25, -0.2) is 0 Å². The number of ketones is 1. The molecule has 1 heteroatoms. The number of Topliss-reactive ketones (excluding diaryl/α,β-unsaturated/α-hetero) is 1. The van der Waals surface area contributed by atoms with Crippen molar-refractivity contribution < 1.29 is 4.79 Å². The van der Waals surface area contributed by atoms with Crippen molar-refractivity contribution in [3.8, 4) is 0 Å². The van der Waals surface area contributed by atoms with Crippen LogP contribution >= 0.6 is 0 Å². The van der Waals surface area contributed by atoms with Crippen LogP contribution in [-0.4, -0.2) is 5.78 Å². The molecule has 0 aromatic heterocycles. The van der Waals surface area contributed by atoms with Crippen molar-refractivity contribution in [2.45, 2.75) is 40.0 Å². The number of aryl methyl sites for hydroxylation is 3. The van der Waals surface area contributed by atoms with E-state index in [1.807, 2.05) is 18.2 Å². The molecule has 2 rings (SSSR count). The van der Waals surface area contributed by atoms with Crippen LogP contribution in [-0.2, 0) is 11.2 Å². The molecule has 0 N–H and O–H groups in total. The summed E-state index contributed by atoms with van der Waals surface area (Å²) >= 11 is 0. The van der Waals surface area contributed by atoms with Gasteiger partial charge in [-0.15, -0.1) is 0 Å². The van der Waals surface area contributed by atoms with Crippen LogP contribution in [0.5, 0.6) is 0 Å². The van der Waals surface area contributed by atoms with E-state index in [1.165, 1.54) is 22.3 Å². The van der Waals surface area contributed by atoms with E-state index in [-0.39, 0.29) is 5.78 Å². The van der Waals surface area contributed by atoms with E-state index in [1.54, 1.807) is 0 Å². The van der Waals surface area contributed by atoms with Crippen molar-refractivity contribution >= 4 is 5.78 Å². The highest BCUT2D eigenvalue weighted by Gasteiger charge is 2.10. The number of hydrogen-bond donors (Lipinski definition) is 0. The highest BCUT2D eigenvalue weighted by molar-refractivity contribution is 5.96. The number of allylic oxidation sites excluding steroid dienone is 4. The Morgan fingerprint density at radius 1 is 1.17 bits per heavy atom. The molecule has 0 heterocycles. The summed E-state index contributed by atoms with van der Waals surface area (Å²) in [6, 6.07) is 4.41. The molecule has 0 aliphatic heterocycles. The quantitative estimate of drug-likeness (QED) is 0.777. The molecule has 1 aromatic carbocycles. The molecule has 94 valence electrons. The maximum atomic E-state index is 11.9.